The van der Waals surface area contributed by atoms with Crippen molar-refractivity contribution in [3.05, 3.63) is 71.2 Å². The minimum atomic E-state index is -0.409. The van der Waals surface area contributed by atoms with Crippen molar-refractivity contribution in [2.24, 2.45) is 0 Å². The lowest BCUT2D eigenvalue weighted by molar-refractivity contribution is -0.138. The first-order valence-electron chi connectivity index (χ1n) is 13.4. The van der Waals surface area contributed by atoms with E-state index >= 15 is 0 Å². The van der Waals surface area contributed by atoms with Crippen molar-refractivity contribution >= 4 is 16.8 Å². The number of pyridine rings is 2. The van der Waals surface area contributed by atoms with Crippen molar-refractivity contribution in [2.45, 2.75) is 82.7 Å². The molecule has 1 aromatic carbocycles. The summed E-state index contributed by atoms with van der Waals surface area (Å²) in [6, 6.07) is 11.0. The van der Waals surface area contributed by atoms with Crippen molar-refractivity contribution < 1.29 is 4.79 Å². The Hall–Kier alpha value is -2.79. The summed E-state index contributed by atoms with van der Waals surface area (Å²) in [5.74, 6) is 0.728. The molecule has 3 aromatic rings. The van der Waals surface area contributed by atoms with Crippen molar-refractivity contribution in [2.75, 3.05) is 13.6 Å². The molecule has 0 saturated heterocycles. The van der Waals surface area contributed by atoms with Crippen LogP contribution in [0.1, 0.15) is 80.0 Å². The Kier molecular flexibility index (Phi) is 7.14. The van der Waals surface area contributed by atoms with Crippen LogP contribution < -0.4 is 5.32 Å². The van der Waals surface area contributed by atoms with Crippen LogP contribution in [0.25, 0.3) is 10.9 Å². The summed E-state index contributed by atoms with van der Waals surface area (Å²) in [6.07, 6.45) is 15.5. The number of hydrogen-bond acceptors (Lipinski definition) is 4. The summed E-state index contributed by atoms with van der Waals surface area (Å²) in [6.45, 7) is 3.65. The number of amides is 1. The number of hydrogen-bond donors (Lipinski definition) is 1. The molecule has 1 atom stereocenters. The van der Waals surface area contributed by atoms with E-state index in [1.54, 1.807) is 0 Å². The first-order valence-corrected chi connectivity index (χ1v) is 13.4. The molecule has 0 radical (unpaired) electrons. The average molecular weight is 471 g/mol. The third-order valence-corrected chi connectivity index (χ3v) is 7.99. The van der Waals surface area contributed by atoms with Crippen molar-refractivity contribution in [3.8, 4) is 0 Å². The predicted molar refractivity (Wildman–Crippen MR) is 141 cm³/mol. The van der Waals surface area contributed by atoms with Crippen LogP contribution in [0.5, 0.6) is 0 Å². The number of fused-ring (bicyclic) bond motifs is 2. The first kappa shape index (κ1) is 23.9. The van der Waals surface area contributed by atoms with Gasteiger partial charge in [-0.15, -0.1) is 0 Å². The highest BCUT2D eigenvalue weighted by atomic mass is 16.2. The van der Waals surface area contributed by atoms with Crippen LogP contribution in [-0.2, 0) is 24.2 Å². The molecule has 5 rings (SSSR count). The average Bonchev–Trinajstić information content (AvgIpc) is 3.14. The fourth-order valence-corrected chi connectivity index (χ4v) is 6.11. The summed E-state index contributed by atoms with van der Waals surface area (Å²) in [5.41, 5.74) is 5.85. The molecule has 1 unspecified atom stereocenters. The van der Waals surface area contributed by atoms with Gasteiger partial charge >= 0.3 is 0 Å². The number of aromatic nitrogens is 2. The number of nitrogens with one attached hydrogen (secondary N) is 1. The van der Waals surface area contributed by atoms with Gasteiger partial charge in [-0.1, -0.05) is 38.7 Å². The smallest absolute Gasteiger partial charge is 0.242 e. The number of carbonyl (C=O) groups is 1. The van der Waals surface area contributed by atoms with Crippen LogP contribution >= 0.6 is 0 Å². The molecule has 2 aromatic heterocycles. The normalized spacial score (nSPS) is 19.3. The quantitative estimate of drug-likeness (QED) is 0.459. The topological polar surface area (TPSA) is 58.1 Å². The lowest BCUT2D eigenvalue weighted by atomic mass is 9.88. The minimum Gasteiger partial charge on any atom is -0.340 e. The van der Waals surface area contributed by atoms with Crippen molar-refractivity contribution in [3.63, 3.8) is 0 Å². The van der Waals surface area contributed by atoms with E-state index in [1.165, 1.54) is 34.9 Å². The van der Waals surface area contributed by atoms with Gasteiger partial charge in [0.2, 0.25) is 5.91 Å². The van der Waals surface area contributed by atoms with Crippen LogP contribution in [-0.4, -0.2) is 39.9 Å². The van der Waals surface area contributed by atoms with Crippen LogP contribution in [0.3, 0.4) is 0 Å². The standard InChI is InChI=1S/C30H38N4O/c1-3-12-33-30(10-6-4-5-7-11-30)29(35)34(2)21-22-14-27-17-25-15-24(23-9-8-13-31-20-23)16-26(25)18-28(27)32-19-22/h8-9,13-14,17-20,24,33H,3-7,10-12,15-16,21H2,1-2H3. The molecule has 1 N–H and O–H groups in total. The predicted octanol–water partition coefficient (Wildman–Crippen LogP) is 5.56. The Morgan fingerprint density at radius 2 is 1.86 bits per heavy atom. The second-order valence-corrected chi connectivity index (χ2v) is 10.6. The Morgan fingerprint density at radius 1 is 1.09 bits per heavy atom. The minimum absolute atomic E-state index is 0.237. The molecule has 0 bridgehead atoms. The second kappa shape index (κ2) is 10.4. The van der Waals surface area contributed by atoms with Gasteiger partial charge < -0.3 is 10.2 Å². The van der Waals surface area contributed by atoms with Gasteiger partial charge in [0.25, 0.3) is 0 Å². The van der Waals surface area contributed by atoms with Gasteiger partial charge in [0.05, 0.1) is 11.1 Å². The van der Waals surface area contributed by atoms with Crippen molar-refractivity contribution in [1.82, 2.24) is 20.2 Å². The molecule has 5 nitrogen and oxygen atoms in total. The van der Waals surface area contributed by atoms with Crippen molar-refractivity contribution in [1.29, 1.82) is 0 Å². The van der Waals surface area contributed by atoms with Crippen LogP contribution in [0.15, 0.2) is 48.9 Å². The van der Waals surface area contributed by atoms with Gasteiger partial charge in [0.15, 0.2) is 0 Å². The van der Waals surface area contributed by atoms with Gasteiger partial charge in [-0.05, 0) is 91.1 Å². The maximum Gasteiger partial charge on any atom is 0.242 e. The molecule has 1 saturated carbocycles. The third kappa shape index (κ3) is 5.11. The molecule has 0 aliphatic heterocycles. The first-order chi connectivity index (χ1) is 17.1. The second-order valence-electron chi connectivity index (χ2n) is 10.6. The van der Waals surface area contributed by atoms with Gasteiger partial charge in [0.1, 0.15) is 0 Å². The van der Waals surface area contributed by atoms with E-state index in [0.29, 0.717) is 12.5 Å². The SMILES string of the molecule is CCCNC1(C(=O)N(C)Cc2cnc3cc4c(cc3c2)CC(c2cccnc2)C4)CCCCCC1. The highest BCUT2D eigenvalue weighted by Gasteiger charge is 2.39. The number of benzene rings is 1. The van der Waals surface area contributed by atoms with Gasteiger partial charge in [-0.2, -0.15) is 0 Å². The van der Waals surface area contributed by atoms with Crippen LogP contribution in [0, 0.1) is 0 Å². The van der Waals surface area contributed by atoms with Crippen LogP contribution in [0.4, 0.5) is 0 Å². The van der Waals surface area contributed by atoms with Gasteiger partial charge in [0, 0.05) is 37.6 Å². The van der Waals surface area contributed by atoms with Crippen LogP contribution in [0.2, 0.25) is 0 Å². The largest absolute Gasteiger partial charge is 0.340 e. The highest BCUT2D eigenvalue weighted by Crippen LogP contribution is 2.36. The molecule has 2 aliphatic carbocycles. The zero-order valence-electron chi connectivity index (χ0n) is 21.2. The summed E-state index contributed by atoms with van der Waals surface area (Å²) >= 11 is 0. The number of nitrogens with zero attached hydrogens (tertiary/aromatic N) is 3. The molecule has 2 aliphatic rings. The molecule has 35 heavy (non-hydrogen) atoms. The van der Waals surface area contributed by atoms with E-state index in [1.807, 2.05) is 36.6 Å². The van der Waals surface area contributed by atoms with E-state index in [4.69, 9.17) is 4.98 Å². The molecule has 1 amide bonds. The summed E-state index contributed by atoms with van der Waals surface area (Å²) in [4.78, 5) is 24.7. The number of rotatable bonds is 7. The molecule has 5 heteroatoms. The van der Waals surface area contributed by atoms with Gasteiger partial charge in [-0.25, -0.2) is 0 Å². The molecular weight excluding hydrogens is 432 g/mol. The molecule has 0 spiro atoms. The zero-order valence-corrected chi connectivity index (χ0v) is 21.2. The molecule has 184 valence electrons. The maximum atomic E-state index is 13.7. The lowest BCUT2D eigenvalue weighted by Crippen LogP contribution is -2.57. The van der Waals surface area contributed by atoms with Gasteiger partial charge in [-0.3, -0.25) is 14.8 Å². The van der Waals surface area contributed by atoms with E-state index < -0.39 is 5.54 Å². The van der Waals surface area contributed by atoms with E-state index in [-0.39, 0.29) is 5.91 Å². The monoisotopic (exact) mass is 470 g/mol. The Morgan fingerprint density at radius 3 is 2.57 bits per heavy atom. The molecule has 2 heterocycles. The number of carbonyl (C=O) groups excluding carboxylic acids is 1. The van der Waals surface area contributed by atoms with E-state index in [0.717, 1.165) is 62.6 Å². The third-order valence-electron chi connectivity index (χ3n) is 7.99. The lowest BCUT2D eigenvalue weighted by Gasteiger charge is -2.36. The summed E-state index contributed by atoms with van der Waals surface area (Å²) in [7, 11) is 1.95. The Bertz CT molecular complexity index is 1170. The van der Waals surface area contributed by atoms with E-state index in [9.17, 15) is 4.79 Å². The Labute approximate surface area is 209 Å². The highest BCUT2D eigenvalue weighted by molar-refractivity contribution is 5.86. The molecular formula is C30H38N4O. The summed E-state index contributed by atoms with van der Waals surface area (Å²) in [5, 5.41) is 4.82. The zero-order chi connectivity index (χ0) is 24.3. The Balaban J connectivity index is 1.33. The number of likely N-dealkylation sites (N-methyl/N-ethyl adjacent to an activating group) is 1. The molecule has 1 fully saturated rings. The van der Waals surface area contributed by atoms with E-state index in [2.05, 4.69) is 41.5 Å². The fourth-order valence-electron chi connectivity index (χ4n) is 6.11. The maximum absolute atomic E-state index is 13.7. The fraction of sp³-hybridized carbons (Fsp3) is 0.500. The summed E-state index contributed by atoms with van der Waals surface area (Å²) < 4.78 is 0.